The van der Waals surface area contributed by atoms with Crippen molar-refractivity contribution in [3.05, 3.63) is 82.8 Å². The van der Waals surface area contributed by atoms with Crippen molar-refractivity contribution in [1.29, 1.82) is 0 Å². The van der Waals surface area contributed by atoms with Gasteiger partial charge in [-0.05, 0) is 42.8 Å². The highest BCUT2D eigenvalue weighted by Crippen LogP contribution is 2.32. The fourth-order valence-electron chi connectivity index (χ4n) is 2.51. The quantitative estimate of drug-likeness (QED) is 0.243. The monoisotopic (exact) mass is 395 g/mol. The summed E-state index contributed by atoms with van der Waals surface area (Å²) in [6.07, 6.45) is 3.42. The molecular weight excluding hydrogens is 378 g/mol. The molecule has 0 spiro atoms. The molecule has 2 aromatic rings. The van der Waals surface area contributed by atoms with Crippen LogP contribution in [0.5, 0.6) is 5.75 Å². The Labute approximate surface area is 167 Å². The van der Waals surface area contributed by atoms with E-state index < -0.39 is 5.97 Å². The summed E-state index contributed by atoms with van der Waals surface area (Å²) in [7, 11) is 0. The highest BCUT2D eigenvalue weighted by molar-refractivity contribution is 8.26. The van der Waals surface area contributed by atoms with E-state index in [9.17, 15) is 9.59 Å². The number of aryl methyl sites for hydroxylation is 1. The summed E-state index contributed by atoms with van der Waals surface area (Å²) in [4.78, 5) is 26.6. The molecule has 0 atom stereocenters. The van der Waals surface area contributed by atoms with Gasteiger partial charge in [0.15, 0.2) is 0 Å². The number of carbonyl (C=O) groups is 2. The van der Waals surface area contributed by atoms with E-state index in [-0.39, 0.29) is 5.91 Å². The number of hydrogen-bond donors (Lipinski definition) is 0. The van der Waals surface area contributed by atoms with Crippen molar-refractivity contribution in [3.63, 3.8) is 0 Å². The lowest BCUT2D eigenvalue weighted by atomic mass is 10.1. The average Bonchev–Trinajstić information content (AvgIpc) is 2.91. The molecule has 0 radical (unpaired) electrons. The molecule has 1 fully saturated rings. The van der Waals surface area contributed by atoms with E-state index >= 15 is 0 Å². The summed E-state index contributed by atoms with van der Waals surface area (Å²) in [6.45, 7) is 5.96. The summed E-state index contributed by atoms with van der Waals surface area (Å²) >= 11 is 6.49. The first-order valence-corrected chi connectivity index (χ1v) is 9.45. The number of carbonyl (C=O) groups excluding carboxylic acids is 2. The molecule has 1 amide bonds. The van der Waals surface area contributed by atoms with E-state index in [2.05, 4.69) is 6.58 Å². The van der Waals surface area contributed by atoms with Crippen LogP contribution in [-0.2, 0) is 4.79 Å². The van der Waals surface area contributed by atoms with Gasteiger partial charge in [0.05, 0.1) is 10.5 Å². The third-order valence-electron chi connectivity index (χ3n) is 3.83. The van der Waals surface area contributed by atoms with Crippen molar-refractivity contribution in [2.75, 3.05) is 6.54 Å². The van der Waals surface area contributed by atoms with Gasteiger partial charge in [0.2, 0.25) is 0 Å². The maximum absolute atomic E-state index is 12.3. The zero-order valence-corrected chi connectivity index (χ0v) is 16.3. The van der Waals surface area contributed by atoms with Crippen LogP contribution in [0.2, 0.25) is 0 Å². The number of amides is 1. The highest BCUT2D eigenvalue weighted by Gasteiger charge is 2.30. The Balaban J connectivity index is 1.70. The van der Waals surface area contributed by atoms with Gasteiger partial charge < -0.3 is 4.74 Å². The molecule has 1 heterocycles. The minimum atomic E-state index is -0.406. The van der Waals surface area contributed by atoms with E-state index in [1.807, 2.05) is 19.1 Å². The molecule has 6 heteroatoms. The van der Waals surface area contributed by atoms with Gasteiger partial charge in [-0.3, -0.25) is 9.69 Å². The van der Waals surface area contributed by atoms with Crippen molar-refractivity contribution in [1.82, 2.24) is 4.90 Å². The van der Waals surface area contributed by atoms with Gasteiger partial charge in [0.25, 0.3) is 5.91 Å². The molecule has 0 N–H and O–H groups in total. The fraction of sp³-hybridized carbons (Fsp3) is 0.0952. The van der Waals surface area contributed by atoms with Crippen molar-refractivity contribution in [3.8, 4) is 5.75 Å². The molecule has 136 valence electrons. The van der Waals surface area contributed by atoms with E-state index in [0.29, 0.717) is 27.1 Å². The molecule has 0 saturated carbocycles. The number of esters is 1. The Morgan fingerprint density at radius 1 is 1.26 bits per heavy atom. The molecule has 4 nitrogen and oxygen atoms in total. The van der Waals surface area contributed by atoms with Gasteiger partial charge >= 0.3 is 5.97 Å². The molecule has 27 heavy (non-hydrogen) atoms. The SMILES string of the molecule is C=CCN1C(=O)C(=Cc2ccc(OC(=O)c3cccc(C)c3)cc2)SC1=S. The zero-order valence-electron chi connectivity index (χ0n) is 14.7. The maximum atomic E-state index is 12.3. The number of benzene rings is 2. The normalized spacial score (nSPS) is 15.3. The minimum absolute atomic E-state index is 0.125. The van der Waals surface area contributed by atoms with Crippen LogP contribution in [0.1, 0.15) is 21.5 Å². The van der Waals surface area contributed by atoms with Crippen LogP contribution in [0.4, 0.5) is 0 Å². The Hall–Kier alpha value is -2.70. The van der Waals surface area contributed by atoms with Crippen molar-refractivity contribution >= 4 is 46.3 Å². The number of ether oxygens (including phenoxy) is 1. The minimum Gasteiger partial charge on any atom is -0.423 e. The first-order valence-electron chi connectivity index (χ1n) is 8.23. The fourth-order valence-corrected chi connectivity index (χ4v) is 3.78. The molecule has 2 aromatic carbocycles. The van der Waals surface area contributed by atoms with E-state index in [4.69, 9.17) is 17.0 Å². The van der Waals surface area contributed by atoms with Gasteiger partial charge in [0, 0.05) is 6.54 Å². The molecule has 1 aliphatic heterocycles. The third-order valence-corrected chi connectivity index (χ3v) is 5.21. The second kappa shape index (κ2) is 8.33. The van der Waals surface area contributed by atoms with Crippen LogP contribution in [0.25, 0.3) is 6.08 Å². The Bertz CT molecular complexity index is 948. The van der Waals surface area contributed by atoms with E-state index in [1.165, 1.54) is 16.7 Å². The molecule has 0 aromatic heterocycles. The van der Waals surface area contributed by atoms with Crippen LogP contribution in [0, 0.1) is 6.92 Å². The number of rotatable bonds is 5. The number of nitrogens with zero attached hydrogens (tertiary/aromatic N) is 1. The molecule has 1 saturated heterocycles. The second-order valence-corrected chi connectivity index (χ2v) is 7.58. The van der Waals surface area contributed by atoms with Crippen molar-refractivity contribution < 1.29 is 14.3 Å². The summed E-state index contributed by atoms with van der Waals surface area (Å²) in [5.74, 6) is -0.0885. The molecular formula is C21H17NO3S2. The van der Waals surface area contributed by atoms with Crippen LogP contribution in [0.3, 0.4) is 0 Å². The Kier molecular flexibility index (Phi) is 5.88. The molecule has 3 rings (SSSR count). The van der Waals surface area contributed by atoms with Gasteiger partial charge in [-0.25, -0.2) is 4.79 Å². The number of thioether (sulfide) groups is 1. The van der Waals surface area contributed by atoms with Crippen LogP contribution < -0.4 is 4.74 Å². The lowest BCUT2D eigenvalue weighted by Gasteiger charge is -2.10. The predicted octanol–water partition coefficient (Wildman–Crippen LogP) is 4.60. The molecule has 1 aliphatic rings. The van der Waals surface area contributed by atoms with Gasteiger partial charge in [0.1, 0.15) is 10.1 Å². The van der Waals surface area contributed by atoms with Gasteiger partial charge in [-0.2, -0.15) is 0 Å². The van der Waals surface area contributed by atoms with Crippen LogP contribution in [0.15, 0.2) is 66.1 Å². The number of thiocarbonyl (C=S) groups is 1. The van der Waals surface area contributed by atoms with E-state index in [0.717, 1.165) is 11.1 Å². The Morgan fingerprint density at radius 3 is 2.67 bits per heavy atom. The lowest BCUT2D eigenvalue weighted by molar-refractivity contribution is -0.121. The first-order chi connectivity index (χ1) is 13.0. The second-order valence-electron chi connectivity index (χ2n) is 5.91. The van der Waals surface area contributed by atoms with E-state index in [1.54, 1.807) is 48.6 Å². The Morgan fingerprint density at radius 2 is 2.00 bits per heavy atom. The molecule has 0 unspecified atom stereocenters. The van der Waals surface area contributed by atoms with Gasteiger partial charge in [-0.1, -0.05) is 59.9 Å². The molecule has 0 bridgehead atoms. The summed E-state index contributed by atoms with van der Waals surface area (Å²) < 4.78 is 5.92. The highest BCUT2D eigenvalue weighted by atomic mass is 32.2. The smallest absolute Gasteiger partial charge is 0.343 e. The predicted molar refractivity (Wildman–Crippen MR) is 113 cm³/mol. The zero-order chi connectivity index (χ0) is 19.4. The summed E-state index contributed by atoms with van der Waals surface area (Å²) in [5, 5.41) is 0. The first kappa shape index (κ1) is 19.1. The molecule has 0 aliphatic carbocycles. The third kappa shape index (κ3) is 4.53. The largest absolute Gasteiger partial charge is 0.423 e. The topological polar surface area (TPSA) is 46.6 Å². The van der Waals surface area contributed by atoms with Gasteiger partial charge in [-0.15, -0.1) is 6.58 Å². The van der Waals surface area contributed by atoms with Crippen molar-refractivity contribution in [2.45, 2.75) is 6.92 Å². The maximum Gasteiger partial charge on any atom is 0.343 e. The summed E-state index contributed by atoms with van der Waals surface area (Å²) in [5.41, 5.74) is 2.32. The van der Waals surface area contributed by atoms with Crippen LogP contribution in [-0.4, -0.2) is 27.6 Å². The lowest BCUT2D eigenvalue weighted by Crippen LogP contribution is -2.27. The average molecular weight is 396 g/mol. The summed E-state index contributed by atoms with van der Waals surface area (Å²) in [6, 6.07) is 14.2. The number of hydrogen-bond acceptors (Lipinski definition) is 5. The van der Waals surface area contributed by atoms with Crippen molar-refractivity contribution in [2.24, 2.45) is 0 Å². The van der Waals surface area contributed by atoms with Crippen LogP contribution >= 0.6 is 24.0 Å². The standard InChI is InChI=1S/C21H17NO3S2/c1-3-11-22-19(23)18(27-21(22)26)13-15-7-9-17(10-8-15)25-20(24)16-6-4-5-14(2)12-16/h3-10,12-13H,1,11H2,2H3.